The van der Waals surface area contributed by atoms with Crippen LogP contribution < -0.4 is 9.64 Å². The molecule has 5 heteroatoms. The highest BCUT2D eigenvalue weighted by atomic mass is 16.5. The molecular weight excluding hydrogens is 304 g/mol. The first-order valence-electron chi connectivity index (χ1n) is 7.65. The van der Waals surface area contributed by atoms with E-state index >= 15 is 0 Å². The van der Waals surface area contributed by atoms with Gasteiger partial charge in [0.15, 0.2) is 11.5 Å². The first kappa shape index (κ1) is 15.9. The van der Waals surface area contributed by atoms with Crippen molar-refractivity contribution in [3.05, 3.63) is 60.0 Å². The van der Waals surface area contributed by atoms with Crippen molar-refractivity contribution in [2.45, 2.75) is 6.42 Å². The van der Waals surface area contributed by atoms with Gasteiger partial charge in [-0.1, -0.05) is 12.1 Å². The van der Waals surface area contributed by atoms with Crippen molar-refractivity contribution < 1.29 is 14.3 Å². The lowest BCUT2D eigenvalue weighted by molar-refractivity contribution is 0.373. The van der Waals surface area contributed by atoms with Gasteiger partial charge < -0.3 is 19.2 Å². The van der Waals surface area contributed by atoms with Crippen molar-refractivity contribution in [3.63, 3.8) is 0 Å². The second-order valence-corrected chi connectivity index (χ2v) is 5.77. The van der Waals surface area contributed by atoms with E-state index in [2.05, 4.69) is 34.1 Å². The number of aromatic hydroxyl groups is 1. The summed E-state index contributed by atoms with van der Waals surface area (Å²) < 4.78 is 10.7. The van der Waals surface area contributed by atoms with E-state index in [0.717, 1.165) is 16.9 Å². The zero-order valence-electron chi connectivity index (χ0n) is 14.0. The van der Waals surface area contributed by atoms with Crippen LogP contribution in [0.25, 0.3) is 11.5 Å². The largest absolute Gasteiger partial charge is 0.504 e. The van der Waals surface area contributed by atoms with Gasteiger partial charge in [-0.25, -0.2) is 4.98 Å². The molecule has 0 fully saturated rings. The molecule has 0 radical (unpaired) electrons. The number of oxazole rings is 1. The second-order valence-electron chi connectivity index (χ2n) is 5.77. The van der Waals surface area contributed by atoms with Gasteiger partial charge in [-0.3, -0.25) is 0 Å². The van der Waals surface area contributed by atoms with Crippen molar-refractivity contribution in [2.24, 2.45) is 0 Å². The second kappa shape index (κ2) is 6.66. The van der Waals surface area contributed by atoms with E-state index < -0.39 is 0 Å². The number of hydrogen-bond donors (Lipinski definition) is 1. The highest BCUT2D eigenvalue weighted by Gasteiger charge is 2.10. The summed E-state index contributed by atoms with van der Waals surface area (Å²) in [7, 11) is 5.55. The molecule has 124 valence electrons. The molecule has 0 saturated carbocycles. The third-order valence-corrected chi connectivity index (χ3v) is 3.82. The zero-order valence-corrected chi connectivity index (χ0v) is 14.0. The Morgan fingerprint density at radius 3 is 2.54 bits per heavy atom. The summed E-state index contributed by atoms with van der Waals surface area (Å²) in [5, 5.41) is 9.66. The van der Waals surface area contributed by atoms with Gasteiger partial charge >= 0.3 is 0 Å². The lowest BCUT2D eigenvalue weighted by Crippen LogP contribution is -2.08. The molecule has 0 bridgehead atoms. The van der Waals surface area contributed by atoms with Crippen LogP contribution in [0.3, 0.4) is 0 Å². The average Bonchev–Trinajstić information content (AvgIpc) is 3.04. The fourth-order valence-corrected chi connectivity index (χ4v) is 2.45. The van der Waals surface area contributed by atoms with Crippen LogP contribution in [0.2, 0.25) is 0 Å². The number of anilines is 1. The Balaban J connectivity index is 1.78. The fourth-order valence-electron chi connectivity index (χ4n) is 2.45. The van der Waals surface area contributed by atoms with Crippen LogP contribution in [0.5, 0.6) is 11.5 Å². The Bertz CT molecular complexity index is 823. The predicted octanol–water partition coefficient (Wildman–Crippen LogP) is 3.71. The minimum Gasteiger partial charge on any atom is -0.504 e. The molecule has 3 rings (SSSR count). The fraction of sp³-hybridized carbons (Fsp3) is 0.211. The standard InChI is InChI=1S/C19H20N2O3/c1-21(2)16-7-4-13(5-8-16)10-15-12-24-19(20-15)14-6-9-17(22)18(11-14)23-3/h4-9,11-12,22H,10H2,1-3H3. The smallest absolute Gasteiger partial charge is 0.226 e. The van der Waals surface area contributed by atoms with Crippen molar-refractivity contribution >= 4 is 5.69 Å². The highest BCUT2D eigenvalue weighted by Crippen LogP contribution is 2.31. The Kier molecular flexibility index (Phi) is 4.42. The van der Waals surface area contributed by atoms with Crippen LogP contribution in [0.1, 0.15) is 11.3 Å². The third-order valence-electron chi connectivity index (χ3n) is 3.82. The van der Waals surface area contributed by atoms with E-state index in [1.807, 2.05) is 14.1 Å². The van der Waals surface area contributed by atoms with Crippen molar-refractivity contribution in [1.29, 1.82) is 0 Å². The van der Waals surface area contributed by atoms with E-state index in [0.29, 0.717) is 18.1 Å². The van der Waals surface area contributed by atoms with E-state index in [1.165, 1.54) is 12.7 Å². The Morgan fingerprint density at radius 1 is 1.12 bits per heavy atom. The number of nitrogens with zero attached hydrogens (tertiary/aromatic N) is 2. The van der Waals surface area contributed by atoms with E-state index in [4.69, 9.17) is 9.15 Å². The van der Waals surface area contributed by atoms with Gasteiger partial charge in [0.25, 0.3) is 0 Å². The predicted molar refractivity (Wildman–Crippen MR) is 93.7 cm³/mol. The molecule has 0 amide bonds. The average molecular weight is 324 g/mol. The van der Waals surface area contributed by atoms with Gasteiger partial charge in [-0.2, -0.15) is 0 Å². The van der Waals surface area contributed by atoms with Crippen LogP contribution >= 0.6 is 0 Å². The SMILES string of the molecule is COc1cc(-c2nc(Cc3ccc(N(C)C)cc3)co2)ccc1O. The third kappa shape index (κ3) is 3.35. The molecule has 1 aromatic heterocycles. The molecule has 0 aliphatic carbocycles. The lowest BCUT2D eigenvalue weighted by Gasteiger charge is -2.12. The molecule has 0 spiro atoms. The molecule has 2 aromatic carbocycles. The van der Waals surface area contributed by atoms with Crippen molar-refractivity contribution in [1.82, 2.24) is 4.98 Å². The van der Waals surface area contributed by atoms with Gasteiger partial charge in [-0.15, -0.1) is 0 Å². The summed E-state index contributed by atoms with van der Waals surface area (Å²) in [5.74, 6) is 0.994. The van der Waals surface area contributed by atoms with Crippen LogP contribution in [0.15, 0.2) is 53.1 Å². The summed E-state index contributed by atoms with van der Waals surface area (Å²) >= 11 is 0. The molecule has 0 aliphatic rings. The number of hydrogen-bond acceptors (Lipinski definition) is 5. The topological polar surface area (TPSA) is 58.7 Å². The lowest BCUT2D eigenvalue weighted by atomic mass is 10.1. The first-order valence-corrected chi connectivity index (χ1v) is 7.65. The van der Waals surface area contributed by atoms with E-state index in [9.17, 15) is 5.11 Å². The monoisotopic (exact) mass is 324 g/mol. The van der Waals surface area contributed by atoms with Crippen molar-refractivity contribution in [2.75, 3.05) is 26.1 Å². The molecule has 5 nitrogen and oxygen atoms in total. The summed E-state index contributed by atoms with van der Waals surface area (Å²) in [4.78, 5) is 6.59. The number of aromatic nitrogens is 1. The highest BCUT2D eigenvalue weighted by molar-refractivity contribution is 5.59. The molecule has 0 aliphatic heterocycles. The molecule has 1 heterocycles. The normalized spacial score (nSPS) is 10.6. The zero-order chi connectivity index (χ0) is 17.1. The molecule has 1 N–H and O–H groups in total. The molecule has 3 aromatic rings. The van der Waals surface area contributed by atoms with Gasteiger partial charge in [-0.05, 0) is 35.9 Å². The summed E-state index contributed by atoms with van der Waals surface area (Å²) in [5.41, 5.74) is 3.95. The maximum Gasteiger partial charge on any atom is 0.226 e. The number of phenolic OH excluding ortho intramolecular Hbond substituents is 1. The molecule has 0 atom stereocenters. The quantitative estimate of drug-likeness (QED) is 0.775. The number of benzene rings is 2. The maximum absolute atomic E-state index is 9.66. The minimum atomic E-state index is 0.0917. The van der Waals surface area contributed by atoms with Crippen LogP contribution in [-0.2, 0) is 6.42 Å². The molecule has 0 saturated heterocycles. The van der Waals surface area contributed by atoms with E-state index in [-0.39, 0.29) is 5.75 Å². The Morgan fingerprint density at radius 2 is 1.88 bits per heavy atom. The van der Waals surface area contributed by atoms with Gasteiger partial charge in [0.2, 0.25) is 5.89 Å². The number of methoxy groups -OCH3 is 1. The molecular formula is C19H20N2O3. The summed E-state index contributed by atoms with van der Waals surface area (Å²) in [6.45, 7) is 0. The first-order chi connectivity index (χ1) is 11.6. The Hall–Kier alpha value is -2.95. The molecule has 24 heavy (non-hydrogen) atoms. The number of ether oxygens (including phenoxy) is 1. The minimum absolute atomic E-state index is 0.0917. The van der Waals surface area contributed by atoms with Gasteiger partial charge in [0.05, 0.1) is 12.8 Å². The summed E-state index contributed by atoms with van der Waals surface area (Å²) in [6.07, 6.45) is 2.36. The van der Waals surface area contributed by atoms with Crippen LogP contribution in [0.4, 0.5) is 5.69 Å². The van der Waals surface area contributed by atoms with Crippen LogP contribution in [0, 0.1) is 0 Å². The number of phenols is 1. The van der Waals surface area contributed by atoms with Gasteiger partial charge in [0.1, 0.15) is 6.26 Å². The van der Waals surface area contributed by atoms with Crippen molar-refractivity contribution in [3.8, 4) is 23.0 Å². The maximum atomic E-state index is 9.66. The Labute approximate surface area is 141 Å². The molecule has 0 unspecified atom stereocenters. The van der Waals surface area contributed by atoms with E-state index in [1.54, 1.807) is 24.5 Å². The van der Waals surface area contributed by atoms with Gasteiger partial charge in [0, 0.05) is 31.8 Å². The number of rotatable bonds is 5. The summed E-state index contributed by atoms with van der Waals surface area (Å²) in [6, 6.07) is 13.4. The van der Waals surface area contributed by atoms with Crippen LogP contribution in [-0.4, -0.2) is 31.3 Å².